The molecule has 6 nitrogen and oxygen atoms in total. The van der Waals surface area contributed by atoms with E-state index in [1.165, 1.54) is 24.4 Å². The number of fused-ring (bicyclic) bond motifs is 1. The van der Waals surface area contributed by atoms with Crippen LogP contribution in [-0.4, -0.2) is 22.5 Å². The molecular weight excluding hydrogens is 367 g/mol. The van der Waals surface area contributed by atoms with Gasteiger partial charge in [-0.2, -0.15) is 0 Å². The Balaban J connectivity index is 1.57. The second-order valence-electron chi connectivity index (χ2n) is 5.93. The standard InChI is InChI=1S/C19H13FN4O2S/c1-10-2-5-12(6-3-10)22-17(25)15-9-21-19(27-15)24-16-13-8-11(20)4-7-14(13)23-18(16)26/h2-9H,1H3,(H,22,25)(H,21,23,24,26). The summed E-state index contributed by atoms with van der Waals surface area (Å²) in [5, 5.41) is 5.64. The number of amides is 2. The van der Waals surface area contributed by atoms with Crippen LogP contribution in [0, 0.1) is 12.7 Å². The first-order chi connectivity index (χ1) is 13.0. The third-order valence-electron chi connectivity index (χ3n) is 3.93. The molecule has 4 rings (SSSR count). The van der Waals surface area contributed by atoms with Gasteiger partial charge in [0, 0.05) is 11.3 Å². The smallest absolute Gasteiger partial charge is 0.275 e. The maximum atomic E-state index is 13.5. The van der Waals surface area contributed by atoms with Crippen molar-refractivity contribution in [3.8, 4) is 0 Å². The molecule has 0 radical (unpaired) electrons. The van der Waals surface area contributed by atoms with E-state index in [1.54, 1.807) is 0 Å². The molecule has 2 heterocycles. The number of hydrogen-bond acceptors (Lipinski definition) is 5. The Morgan fingerprint density at radius 1 is 1.22 bits per heavy atom. The fourth-order valence-electron chi connectivity index (χ4n) is 2.58. The summed E-state index contributed by atoms with van der Waals surface area (Å²) < 4.78 is 13.5. The van der Waals surface area contributed by atoms with Gasteiger partial charge in [0.1, 0.15) is 16.4 Å². The summed E-state index contributed by atoms with van der Waals surface area (Å²) in [5.41, 5.74) is 2.71. The molecule has 134 valence electrons. The van der Waals surface area contributed by atoms with Crippen LogP contribution < -0.4 is 10.6 Å². The number of rotatable bonds is 3. The van der Waals surface area contributed by atoms with E-state index in [9.17, 15) is 14.0 Å². The van der Waals surface area contributed by atoms with Crippen LogP contribution in [0.3, 0.4) is 0 Å². The average molecular weight is 380 g/mol. The summed E-state index contributed by atoms with van der Waals surface area (Å²) in [7, 11) is 0. The van der Waals surface area contributed by atoms with Crippen LogP contribution in [-0.2, 0) is 4.79 Å². The molecular formula is C19H13FN4O2S. The molecule has 3 aromatic rings. The number of anilines is 2. The lowest BCUT2D eigenvalue weighted by atomic mass is 10.1. The van der Waals surface area contributed by atoms with Gasteiger partial charge in [0.25, 0.3) is 11.8 Å². The number of carbonyl (C=O) groups excluding carboxylic acids is 2. The molecule has 0 saturated carbocycles. The van der Waals surface area contributed by atoms with Crippen molar-refractivity contribution in [2.75, 3.05) is 10.6 Å². The van der Waals surface area contributed by atoms with Crippen LogP contribution in [0.5, 0.6) is 0 Å². The van der Waals surface area contributed by atoms with Crippen LogP contribution >= 0.6 is 11.3 Å². The second-order valence-corrected chi connectivity index (χ2v) is 6.94. The molecule has 1 aliphatic rings. The molecule has 0 bridgehead atoms. The summed E-state index contributed by atoms with van der Waals surface area (Å²) in [5.74, 6) is -1.21. The van der Waals surface area contributed by atoms with Crippen molar-refractivity contribution in [1.29, 1.82) is 0 Å². The van der Waals surface area contributed by atoms with Crippen molar-refractivity contribution in [1.82, 2.24) is 4.98 Å². The minimum absolute atomic E-state index is 0.0735. The highest BCUT2D eigenvalue weighted by Crippen LogP contribution is 2.28. The Morgan fingerprint density at radius 2 is 2.00 bits per heavy atom. The molecule has 2 amide bonds. The topological polar surface area (TPSA) is 83.5 Å². The Bertz CT molecular complexity index is 1090. The number of hydrogen-bond donors (Lipinski definition) is 2. The second kappa shape index (κ2) is 6.73. The largest absolute Gasteiger partial charge is 0.321 e. The first-order valence-corrected chi connectivity index (χ1v) is 8.85. The van der Waals surface area contributed by atoms with E-state index in [-0.39, 0.29) is 16.8 Å². The number of aryl methyl sites for hydroxylation is 1. The molecule has 1 aliphatic heterocycles. The molecule has 0 saturated heterocycles. The van der Waals surface area contributed by atoms with Gasteiger partial charge in [0.05, 0.1) is 11.9 Å². The average Bonchev–Trinajstić information content (AvgIpc) is 3.23. The highest BCUT2D eigenvalue weighted by atomic mass is 32.1. The number of thiazole rings is 1. The number of carbonyl (C=O) groups is 2. The monoisotopic (exact) mass is 380 g/mol. The van der Waals surface area contributed by atoms with Crippen molar-refractivity contribution in [2.24, 2.45) is 4.99 Å². The fourth-order valence-corrected chi connectivity index (χ4v) is 3.27. The normalized spacial score (nSPS) is 14.1. The Hall–Kier alpha value is -3.39. The highest BCUT2D eigenvalue weighted by molar-refractivity contribution is 7.17. The van der Waals surface area contributed by atoms with E-state index in [2.05, 4.69) is 20.6 Å². The first-order valence-electron chi connectivity index (χ1n) is 8.03. The first kappa shape index (κ1) is 17.0. The molecule has 0 aliphatic carbocycles. The molecule has 0 unspecified atom stereocenters. The SMILES string of the molecule is Cc1ccc(NC(=O)c2cnc(N=C3C(=O)Nc4ccc(F)cc43)s2)cc1. The van der Waals surface area contributed by atoms with Crippen LogP contribution in [0.25, 0.3) is 0 Å². The quantitative estimate of drug-likeness (QED) is 0.722. The van der Waals surface area contributed by atoms with Gasteiger partial charge in [0.15, 0.2) is 0 Å². The fraction of sp³-hybridized carbons (Fsp3) is 0.0526. The van der Waals surface area contributed by atoms with Crippen LogP contribution in [0.4, 0.5) is 20.9 Å². The molecule has 8 heteroatoms. The van der Waals surface area contributed by atoms with Crippen molar-refractivity contribution in [3.05, 3.63) is 70.5 Å². The Kier molecular flexibility index (Phi) is 4.25. The maximum absolute atomic E-state index is 13.5. The number of halogens is 1. The molecule has 0 fully saturated rings. The van der Waals surface area contributed by atoms with Crippen LogP contribution in [0.2, 0.25) is 0 Å². The van der Waals surface area contributed by atoms with E-state index in [0.717, 1.165) is 16.9 Å². The van der Waals surface area contributed by atoms with Gasteiger partial charge in [-0.1, -0.05) is 29.0 Å². The van der Waals surface area contributed by atoms with Crippen molar-refractivity contribution < 1.29 is 14.0 Å². The number of aliphatic imine (C=N–C) groups is 1. The number of nitrogens with zero attached hydrogens (tertiary/aromatic N) is 2. The van der Waals surface area contributed by atoms with Crippen LogP contribution in [0.1, 0.15) is 20.8 Å². The van der Waals surface area contributed by atoms with Gasteiger partial charge in [0.2, 0.25) is 5.13 Å². The lowest BCUT2D eigenvalue weighted by Gasteiger charge is -2.03. The zero-order valence-electron chi connectivity index (χ0n) is 14.1. The van der Waals surface area contributed by atoms with Gasteiger partial charge in [-0.05, 0) is 37.3 Å². The van der Waals surface area contributed by atoms with E-state index >= 15 is 0 Å². The zero-order chi connectivity index (χ0) is 19.0. The Morgan fingerprint density at radius 3 is 2.78 bits per heavy atom. The summed E-state index contributed by atoms with van der Waals surface area (Å²) >= 11 is 1.05. The molecule has 1 aromatic heterocycles. The van der Waals surface area contributed by atoms with Gasteiger partial charge in [-0.25, -0.2) is 14.4 Å². The van der Waals surface area contributed by atoms with Crippen molar-refractivity contribution >= 4 is 45.4 Å². The van der Waals surface area contributed by atoms with Gasteiger partial charge < -0.3 is 10.6 Å². The molecule has 2 aromatic carbocycles. The minimum atomic E-state index is -0.463. The molecule has 2 N–H and O–H groups in total. The molecule has 0 spiro atoms. The van der Waals surface area contributed by atoms with Crippen molar-refractivity contribution in [2.45, 2.75) is 6.92 Å². The third kappa shape index (κ3) is 3.47. The summed E-state index contributed by atoms with van der Waals surface area (Å²) in [6.45, 7) is 1.96. The van der Waals surface area contributed by atoms with Gasteiger partial charge in [-0.3, -0.25) is 9.59 Å². The predicted octanol–water partition coefficient (Wildman–Crippen LogP) is 3.92. The van der Waals surface area contributed by atoms with Gasteiger partial charge >= 0.3 is 0 Å². The zero-order valence-corrected chi connectivity index (χ0v) is 14.9. The predicted molar refractivity (Wildman–Crippen MR) is 102 cm³/mol. The maximum Gasteiger partial charge on any atom is 0.275 e. The van der Waals surface area contributed by atoms with E-state index < -0.39 is 11.7 Å². The minimum Gasteiger partial charge on any atom is -0.321 e. The van der Waals surface area contributed by atoms with E-state index in [1.807, 2.05) is 31.2 Å². The lowest BCUT2D eigenvalue weighted by molar-refractivity contribution is -0.110. The summed E-state index contributed by atoms with van der Waals surface area (Å²) in [6, 6.07) is 11.4. The Labute approximate surface area is 157 Å². The molecule has 27 heavy (non-hydrogen) atoms. The highest BCUT2D eigenvalue weighted by Gasteiger charge is 2.27. The van der Waals surface area contributed by atoms with Crippen molar-refractivity contribution in [3.63, 3.8) is 0 Å². The number of aromatic nitrogens is 1. The number of nitrogens with one attached hydrogen (secondary N) is 2. The van der Waals surface area contributed by atoms with Crippen LogP contribution in [0.15, 0.2) is 53.7 Å². The van der Waals surface area contributed by atoms with E-state index in [4.69, 9.17) is 0 Å². The van der Waals surface area contributed by atoms with Gasteiger partial charge in [-0.15, -0.1) is 0 Å². The lowest BCUT2D eigenvalue weighted by Crippen LogP contribution is -2.13. The summed E-state index contributed by atoms with van der Waals surface area (Å²) in [6.07, 6.45) is 1.40. The van der Waals surface area contributed by atoms with E-state index in [0.29, 0.717) is 21.8 Å². The molecule has 0 atom stereocenters. The third-order valence-corrected chi connectivity index (χ3v) is 4.82. The number of benzene rings is 2. The summed E-state index contributed by atoms with van der Waals surface area (Å²) in [4.78, 5) is 33.1.